The van der Waals surface area contributed by atoms with Crippen LogP contribution in [0.4, 0.5) is 5.69 Å². The molecular formula is C12H18N2OS. The van der Waals surface area contributed by atoms with Crippen LogP contribution in [0.2, 0.25) is 0 Å². The molecule has 0 amide bonds. The van der Waals surface area contributed by atoms with Gasteiger partial charge in [0.2, 0.25) is 0 Å². The minimum Gasteiger partial charge on any atom is -0.397 e. The number of aromatic nitrogens is 1. The van der Waals surface area contributed by atoms with E-state index >= 15 is 0 Å². The lowest BCUT2D eigenvalue weighted by atomic mass is 9.86. The van der Waals surface area contributed by atoms with Crippen LogP contribution in [0, 0.1) is 0 Å². The van der Waals surface area contributed by atoms with E-state index in [4.69, 9.17) is 5.73 Å². The van der Waals surface area contributed by atoms with Crippen molar-refractivity contribution in [3.63, 3.8) is 0 Å². The average molecular weight is 238 g/mol. The summed E-state index contributed by atoms with van der Waals surface area (Å²) in [5, 5.41) is 11.2. The van der Waals surface area contributed by atoms with E-state index in [1.807, 2.05) is 12.1 Å². The summed E-state index contributed by atoms with van der Waals surface area (Å²) in [4.78, 5) is 4.22. The zero-order valence-corrected chi connectivity index (χ0v) is 10.2. The molecule has 1 aliphatic carbocycles. The van der Waals surface area contributed by atoms with Gasteiger partial charge in [-0.15, -0.1) is 11.8 Å². The first-order valence-electron chi connectivity index (χ1n) is 5.75. The van der Waals surface area contributed by atoms with Gasteiger partial charge in [0.1, 0.15) is 5.03 Å². The molecule has 0 aliphatic heterocycles. The van der Waals surface area contributed by atoms with E-state index in [9.17, 15) is 5.11 Å². The summed E-state index contributed by atoms with van der Waals surface area (Å²) in [6, 6.07) is 3.68. The highest BCUT2D eigenvalue weighted by molar-refractivity contribution is 7.99. The Hall–Kier alpha value is -0.740. The maximum Gasteiger partial charge on any atom is 0.119 e. The third-order valence-corrected chi connectivity index (χ3v) is 4.36. The first-order chi connectivity index (χ1) is 7.70. The Bertz CT molecular complexity index is 351. The highest BCUT2D eigenvalue weighted by atomic mass is 32.2. The van der Waals surface area contributed by atoms with Crippen LogP contribution < -0.4 is 5.73 Å². The Morgan fingerprint density at radius 2 is 2.12 bits per heavy atom. The van der Waals surface area contributed by atoms with Crippen molar-refractivity contribution in [2.45, 2.75) is 42.7 Å². The number of thioether (sulfide) groups is 1. The minimum atomic E-state index is -0.507. The SMILES string of the molecule is Nc1cccnc1SCC1(O)CCCCC1. The first-order valence-corrected chi connectivity index (χ1v) is 6.74. The van der Waals surface area contributed by atoms with E-state index in [0.717, 1.165) is 30.7 Å². The van der Waals surface area contributed by atoms with Gasteiger partial charge in [-0.05, 0) is 25.0 Å². The number of aliphatic hydroxyl groups is 1. The molecule has 0 bridgehead atoms. The van der Waals surface area contributed by atoms with Crippen molar-refractivity contribution in [2.24, 2.45) is 0 Å². The molecule has 0 saturated heterocycles. The quantitative estimate of drug-likeness (QED) is 0.794. The lowest BCUT2D eigenvalue weighted by Crippen LogP contribution is -2.34. The van der Waals surface area contributed by atoms with Crippen molar-refractivity contribution in [1.82, 2.24) is 4.98 Å². The Labute approximate surface area is 100 Å². The van der Waals surface area contributed by atoms with Gasteiger partial charge in [0.15, 0.2) is 0 Å². The molecule has 0 atom stereocenters. The topological polar surface area (TPSA) is 59.1 Å². The number of anilines is 1. The van der Waals surface area contributed by atoms with Gasteiger partial charge in [0.25, 0.3) is 0 Å². The summed E-state index contributed by atoms with van der Waals surface area (Å²) in [5.41, 5.74) is 6.01. The first kappa shape index (κ1) is 11.7. The van der Waals surface area contributed by atoms with Gasteiger partial charge in [-0.25, -0.2) is 4.98 Å². The van der Waals surface area contributed by atoms with Crippen LogP contribution >= 0.6 is 11.8 Å². The Balaban J connectivity index is 1.94. The molecule has 0 aromatic carbocycles. The molecule has 2 rings (SSSR count). The fourth-order valence-electron chi connectivity index (χ4n) is 2.08. The monoisotopic (exact) mass is 238 g/mol. The smallest absolute Gasteiger partial charge is 0.119 e. The largest absolute Gasteiger partial charge is 0.397 e. The Kier molecular flexibility index (Phi) is 3.71. The molecule has 3 N–H and O–H groups in total. The van der Waals surface area contributed by atoms with E-state index < -0.39 is 5.60 Å². The predicted molar refractivity (Wildman–Crippen MR) is 67.4 cm³/mol. The van der Waals surface area contributed by atoms with Crippen LogP contribution in [0.15, 0.2) is 23.4 Å². The number of hydrogen-bond acceptors (Lipinski definition) is 4. The summed E-state index contributed by atoms with van der Waals surface area (Å²) in [7, 11) is 0. The van der Waals surface area contributed by atoms with Gasteiger partial charge < -0.3 is 10.8 Å². The summed E-state index contributed by atoms with van der Waals surface area (Å²) in [5.74, 6) is 0.703. The van der Waals surface area contributed by atoms with Gasteiger partial charge in [-0.3, -0.25) is 0 Å². The normalized spacial score (nSPS) is 19.6. The molecule has 16 heavy (non-hydrogen) atoms. The van der Waals surface area contributed by atoms with Crippen molar-refractivity contribution in [3.05, 3.63) is 18.3 Å². The fraction of sp³-hybridized carbons (Fsp3) is 0.583. The van der Waals surface area contributed by atoms with Crippen molar-refractivity contribution in [3.8, 4) is 0 Å². The molecular weight excluding hydrogens is 220 g/mol. The van der Waals surface area contributed by atoms with Crippen molar-refractivity contribution in [2.75, 3.05) is 11.5 Å². The summed E-state index contributed by atoms with van der Waals surface area (Å²) in [6.45, 7) is 0. The van der Waals surface area contributed by atoms with Crippen molar-refractivity contribution in [1.29, 1.82) is 0 Å². The number of nitrogen functional groups attached to an aromatic ring is 1. The molecule has 88 valence electrons. The van der Waals surface area contributed by atoms with E-state index in [0.29, 0.717) is 11.4 Å². The molecule has 1 aromatic rings. The van der Waals surface area contributed by atoms with Gasteiger partial charge >= 0.3 is 0 Å². The number of nitrogens with zero attached hydrogens (tertiary/aromatic N) is 1. The average Bonchev–Trinajstić information content (AvgIpc) is 2.29. The van der Waals surface area contributed by atoms with Gasteiger partial charge in [0.05, 0.1) is 11.3 Å². The van der Waals surface area contributed by atoms with Crippen LogP contribution in [-0.2, 0) is 0 Å². The molecule has 3 nitrogen and oxygen atoms in total. The lowest BCUT2D eigenvalue weighted by molar-refractivity contribution is 0.0273. The predicted octanol–water partition coefficient (Wildman–Crippen LogP) is 2.45. The second-order valence-electron chi connectivity index (χ2n) is 4.47. The minimum absolute atomic E-state index is 0.507. The van der Waals surface area contributed by atoms with Crippen LogP contribution in [0.1, 0.15) is 32.1 Å². The fourth-order valence-corrected chi connectivity index (χ4v) is 3.14. The van der Waals surface area contributed by atoms with Crippen LogP contribution in [0.25, 0.3) is 0 Å². The molecule has 1 heterocycles. The number of pyridine rings is 1. The standard InChI is InChI=1S/C12H18N2OS/c13-10-5-4-8-14-11(10)16-9-12(15)6-2-1-3-7-12/h4-5,8,15H,1-3,6-7,9,13H2. The zero-order valence-electron chi connectivity index (χ0n) is 9.35. The van der Waals surface area contributed by atoms with Crippen LogP contribution in [-0.4, -0.2) is 21.4 Å². The number of nitrogens with two attached hydrogens (primary N) is 1. The third-order valence-electron chi connectivity index (χ3n) is 3.06. The van der Waals surface area contributed by atoms with Gasteiger partial charge in [-0.2, -0.15) is 0 Å². The van der Waals surface area contributed by atoms with E-state index in [1.165, 1.54) is 6.42 Å². The second-order valence-corrected chi connectivity index (χ2v) is 5.44. The van der Waals surface area contributed by atoms with Gasteiger partial charge in [-0.1, -0.05) is 19.3 Å². The molecule has 4 heteroatoms. The molecule has 1 aromatic heterocycles. The molecule has 1 aliphatic rings. The zero-order chi connectivity index (χ0) is 11.4. The van der Waals surface area contributed by atoms with E-state index in [-0.39, 0.29) is 0 Å². The van der Waals surface area contributed by atoms with E-state index in [1.54, 1.807) is 18.0 Å². The molecule has 0 radical (unpaired) electrons. The highest BCUT2D eigenvalue weighted by Gasteiger charge is 2.29. The van der Waals surface area contributed by atoms with Crippen LogP contribution in [0.5, 0.6) is 0 Å². The highest BCUT2D eigenvalue weighted by Crippen LogP contribution is 2.34. The molecule has 1 saturated carbocycles. The summed E-state index contributed by atoms with van der Waals surface area (Å²) >= 11 is 1.57. The van der Waals surface area contributed by atoms with E-state index in [2.05, 4.69) is 4.98 Å². The molecule has 0 spiro atoms. The maximum atomic E-state index is 10.3. The number of rotatable bonds is 3. The molecule has 1 fully saturated rings. The summed E-state index contributed by atoms with van der Waals surface area (Å²) < 4.78 is 0. The van der Waals surface area contributed by atoms with Gasteiger partial charge in [0, 0.05) is 11.9 Å². The molecule has 0 unspecified atom stereocenters. The second kappa shape index (κ2) is 5.06. The Morgan fingerprint density at radius 3 is 2.81 bits per heavy atom. The van der Waals surface area contributed by atoms with Crippen molar-refractivity contribution >= 4 is 17.4 Å². The number of hydrogen-bond donors (Lipinski definition) is 2. The Morgan fingerprint density at radius 1 is 1.38 bits per heavy atom. The third kappa shape index (κ3) is 2.89. The maximum absolute atomic E-state index is 10.3. The summed E-state index contributed by atoms with van der Waals surface area (Å²) in [6.07, 6.45) is 7.07. The van der Waals surface area contributed by atoms with Crippen molar-refractivity contribution < 1.29 is 5.11 Å². The lowest BCUT2D eigenvalue weighted by Gasteiger charge is -2.31. The van der Waals surface area contributed by atoms with Crippen LogP contribution in [0.3, 0.4) is 0 Å².